The maximum atomic E-state index is 13.0. The molecule has 2 fully saturated rings. The predicted molar refractivity (Wildman–Crippen MR) is 94.3 cm³/mol. The quantitative estimate of drug-likeness (QED) is 0.712. The Morgan fingerprint density at radius 1 is 1.04 bits per heavy atom. The van der Waals surface area contributed by atoms with Crippen molar-refractivity contribution in [1.82, 2.24) is 0 Å². The summed E-state index contributed by atoms with van der Waals surface area (Å²) in [5.41, 5.74) is 4.56. The third kappa shape index (κ3) is 1.55. The van der Waals surface area contributed by atoms with E-state index in [1.807, 2.05) is 0 Å². The minimum atomic E-state index is -0.284. The maximum Gasteiger partial charge on any atom is 0.143 e. The number of aliphatic hydroxyl groups excluding tert-OH is 1. The maximum absolute atomic E-state index is 13.0. The molecule has 0 aromatic carbocycles. The van der Waals surface area contributed by atoms with Crippen LogP contribution in [0.3, 0.4) is 0 Å². The molecule has 0 amide bonds. The van der Waals surface area contributed by atoms with Gasteiger partial charge in [-0.25, -0.2) is 0 Å². The summed E-state index contributed by atoms with van der Waals surface area (Å²) in [6.45, 7) is 4.77. The van der Waals surface area contributed by atoms with E-state index in [-0.39, 0.29) is 22.3 Å². The molecule has 0 saturated heterocycles. The van der Waals surface area contributed by atoms with Crippen molar-refractivity contribution in [2.24, 2.45) is 22.2 Å². The van der Waals surface area contributed by atoms with Gasteiger partial charge >= 0.3 is 0 Å². The summed E-state index contributed by atoms with van der Waals surface area (Å²) < 4.78 is 0. The standard InChI is InChI=1S/C22H28O2/c1-20-9-6-18-16-4-3-14-13-15(23)5-11-21(14,2)17(16)7-12-22(18,20)19(24)8-10-20/h3-4,13,15,17,23H,5-12H2,1-2H3/t15?,17?,20-,21-,22+/m0/s1. The van der Waals surface area contributed by atoms with Gasteiger partial charge in [0, 0.05) is 6.42 Å². The van der Waals surface area contributed by atoms with Crippen LogP contribution < -0.4 is 0 Å². The molecule has 5 aliphatic rings. The Hall–Kier alpha value is -1.15. The number of hydrogen-bond donors (Lipinski definition) is 1. The number of fused-ring (bicyclic) bond motifs is 3. The lowest BCUT2D eigenvalue weighted by molar-refractivity contribution is -0.127. The number of rotatable bonds is 0. The Morgan fingerprint density at radius 3 is 2.67 bits per heavy atom. The van der Waals surface area contributed by atoms with E-state index in [0.717, 1.165) is 44.9 Å². The molecule has 0 aromatic heterocycles. The highest BCUT2D eigenvalue weighted by atomic mass is 16.3. The summed E-state index contributed by atoms with van der Waals surface area (Å²) in [6, 6.07) is 0. The van der Waals surface area contributed by atoms with Crippen LogP contribution in [0.1, 0.15) is 65.2 Å². The first-order valence-electron chi connectivity index (χ1n) is 9.76. The van der Waals surface area contributed by atoms with Gasteiger partial charge in [-0.2, -0.15) is 0 Å². The first kappa shape index (κ1) is 15.1. The van der Waals surface area contributed by atoms with Gasteiger partial charge in [-0.15, -0.1) is 0 Å². The van der Waals surface area contributed by atoms with Gasteiger partial charge in [0.1, 0.15) is 5.78 Å². The Labute approximate surface area is 144 Å². The Morgan fingerprint density at radius 2 is 1.83 bits per heavy atom. The van der Waals surface area contributed by atoms with E-state index in [0.29, 0.717) is 11.7 Å². The van der Waals surface area contributed by atoms with E-state index in [2.05, 4.69) is 32.1 Å². The summed E-state index contributed by atoms with van der Waals surface area (Å²) in [5.74, 6) is 1.07. The van der Waals surface area contributed by atoms with Crippen molar-refractivity contribution in [3.63, 3.8) is 0 Å². The number of hydrogen-bond acceptors (Lipinski definition) is 2. The molecule has 2 nitrogen and oxygen atoms in total. The molecule has 128 valence electrons. The van der Waals surface area contributed by atoms with E-state index >= 15 is 0 Å². The molecule has 5 atom stereocenters. The molecule has 24 heavy (non-hydrogen) atoms. The van der Waals surface area contributed by atoms with Gasteiger partial charge in [-0.1, -0.05) is 37.6 Å². The van der Waals surface area contributed by atoms with Gasteiger partial charge in [0.05, 0.1) is 11.5 Å². The van der Waals surface area contributed by atoms with Gasteiger partial charge in [0.2, 0.25) is 0 Å². The number of carbonyl (C=O) groups excluding carboxylic acids is 1. The molecule has 0 bridgehead atoms. The van der Waals surface area contributed by atoms with Gasteiger partial charge in [0.15, 0.2) is 0 Å². The summed E-state index contributed by atoms with van der Waals surface area (Å²) in [4.78, 5) is 13.0. The summed E-state index contributed by atoms with van der Waals surface area (Å²) in [6.07, 6.45) is 14.7. The van der Waals surface area contributed by atoms with Gasteiger partial charge in [0.25, 0.3) is 0 Å². The normalized spacial score (nSPS) is 49.5. The topological polar surface area (TPSA) is 37.3 Å². The smallest absolute Gasteiger partial charge is 0.143 e. The average Bonchev–Trinajstić information content (AvgIpc) is 2.99. The molecular weight excluding hydrogens is 296 g/mol. The highest BCUT2D eigenvalue weighted by Gasteiger charge is 2.65. The molecule has 2 unspecified atom stereocenters. The van der Waals surface area contributed by atoms with Crippen molar-refractivity contribution in [3.05, 3.63) is 34.9 Å². The van der Waals surface area contributed by atoms with Crippen molar-refractivity contribution in [1.29, 1.82) is 0 Å². The molecule has 0 aliphatic heterocycles. The first-order chi connectivity index (χ1) is 11.4. The Balaban J connectivity index is 1.70. The molecule has 0 aromatic rings. The zero-order valence-electron chi connectivity index (χ0n) is 14.9. The lowest BCUT2D eigenvalue weighted by Gasteiger charge is -2.51. The second kappa shape index (κ2) is 4.52. The fourth-order valence-corrected chi connectivity index (χ4v) is 7.10. The van der Waals surface area contributed by atoms with Crippen LogP contribution >= 0.6 is 0 Å². The number of ketones is 1. The van der Waals surface area contributed by atoms with Crippen LogP contribution in [0.2, 0.25) is 0 Å². The second-order valence-corrected chi connectivity index (χ2v) is 9.39. The number of Topliss-reactive ketones (excluding diaryl/α,β-unsaturated/α-hetero) is 1. The van der Waals surface area contributed by atoms with E-state index in [1.165, 1.54) is 23.1 Å². The average molecular weight is 324 g/mol. The predicted octanol–water partition coefficient (Wildman–Crippen LogP) is 4.50. The Kier molecular flexibility index (Phi) is 2.85. The highest BCUT2D eigenvalue weighted by molar-refractivity contribution is 5.92. The fraction of sp³-hybridized carbons (Fsp3) is 0.682. The van der Waals surface area contributed by atoms with Crippen LogP contribution in [-0.2, 0) is 4.79 Å². The van der Waals surface area contributed by atoms with Crippen LogP contribution in [0, 0.1) is 22.2 Å². The first-order valence-corrected chi connectivity index (χ1v) is 9.76. The van der Waals surface area contributed by atoms with E-state index < -0.39 is 0 Å². The monoisotopic (exact) mass is 324 g/mol. The van der Waals surface area contributed by atoms with E-state index in [1.54, 1.807) is 0 Å². The molecule has 1 spiro atoms. The molecule has 5 aliphatic carbocycles. The van der Waals surface area contributed by atoms with Crippen LogP contribution in [0.4, 0.5) is 0 Å². The van der Waals surface area contributed by atoms with Crippen molar-refractivity contribution in [2.75, 3.05) is 0 Å². The molecule has 0 radical (unpaired) electrons. The molecular formula is C22H28O2. The third-order valence-electron chi connectivity index (χ3n) is 8.59. The second-order valence-electron chi connectivity index (χ2n) is 9.39. The molecule has 5 rings (SSSR count). The van der Waals surface area contributed by atoms with Crippen molar-refractivity contribution in [2.45, 2.75) is 71.3 Å². The minimum absolute atomic E-state index is 0.130. The molecule has 1 N–H and O–H groups in total. The fourth-order valence-electron chi connectivity index (χ4n) is 7.10. The van der Waals surface area contributed by atoms with E-state index in [9.17, 15) is 9.90 Å². The summed E-state index contributed by atoms with van der Waals surface area (Å²) >= 11 is 0. The highest BCUT2D eigenvalue weighted by Crippen LogP contribution is 2.70. The van der Waals surface area contributed by atoms with Gasteiger partial charge in [-0.05, 0) is 72.8 Å². The minimum Gasteiger partial charge on any atom is -0.389 e. The lowest BCUT2D eigenvalue weighted by Crippen LogP contribution is -2.45. The van der Waals surface area contributed by atoms with Crippen LogP contribution in [0.5, 0.6) is 0 Å². The number of aliphatic hydroxyl groups is 1. The Bertz CT molecular complexity index is 726. The van der Waals surface area contributed by atoms with E-state index in [4.69, 9.17) is 0 Å². The zero-order valence-corrected chi connectivity index (χ0v) is 14.9. The summed E-state index contributed by atoms with van der Waals surface area (Å²) in [7, 11) is 0. The zero-order chi connectivity index (χ0) is 16.7. The van der Waals surface area contributed by atoms with Crippen LogP contribution in [0.25, 0.3) is 0 Å². The molecule has 2 heteroatoms. The third-order valence-corrected chi connectivity index (χ3v) is 8.59. The van der Waals surface area contributed by atoms with Crippen molar-refractivity contribution < 1.29 is 9.90 Å². The molecule has 0 heterocycles. The number of carbonyl (C=O) groups is 1. The van der Waals surface area contributed by atoms with Gasteiger partial charge < -0.3 is 5.11 Å². The van der Waals surface area contributed by atoms with Gasteiger partial charge in [-0.3, -0.25) is 4.79 Å². The molecule has 2 saturated carbocycles. The van der Waals surface area contributed by atoms with Crippen LogP contribution in [0.15, 0.2) is 34.9 Å². The largest absolute Gasteiger partial charge is 0.389 e. The summed E-state index contributed by atoms with van der Waals surface area (Å²) in [5, 5.41) is 10.0. The lowest BCUT2D eigenvalue weighted by atomic mass is 9.52. The number of allylic oxidation sites excluding steroid dienone is 5. The van der Waals surface area contributed by atoms with Crippen molar-refractivity contribution >= 4 is 5.78 Å². The SMILES string of the molecule is C[C@]12CCC(=O)[C@]13CCC1C(=C3CC2)C=CC2=CC(O)CC[C@@]21C. The van der Waals surface area contributed by atoms with Crippen molar-refractivity contribution in [3.8, 4) is 0 Å². The van der Waals surface area contributed by atoms with Crippen LogP contribution in [-0.4, -0.2) is 17.0 Å².